The Morgan fingerprint density at radius 1 is 0.946 bits per heavy atom. The van der Waals surface area contributed by atoms with E-state index in [-0.39, 0.29) is 0 Å². The Kier molecular flexibility index (Phi) is 9.31. The van der Waals surface area contributed by atoms with E-state index in [1.54, 1.807) is 0 Å². The molecule has 6 nitrogen and oxygen atoms in total. The summed E-state index contributed by atoms with van der Waals surface area (Å²) in [5, 5.41) is 6.63. The molecule has 1 amide bonds. The molecule has 4 rings (SSSR count). The van der Waals surface area contributed by atoms with Crippen molar-refractivity contribution in [2.24, 2.45) is 5.92 Å². The summed E-state index contributed by atoms with van der Waals surface area (Å²) < 4.78 is 5.38. The Morgan fingerprint density at radius 2 is 1.65 bits per heavy atom. The lowest BCUT2D eigenvalue weighted by Gasteiger charge is -2.21. The number of benzene rings is 2. The average Bonchev–Trinajstić information content (AvgIpc) is 3.22. The second-order valence-corrected chi connectivity index (χ2v) is 10.9. The van der Waals surface area contributed by atoms with Gasteiger partial charge in [-0.2, -0.15) is 0 Å². The van der Waals surface area contributed by atoms with Gasteiger partial charge in [-0.05, 0) is 75.8 Å². The van der Waals surface area contributed by atoms with Crippen LogP contribution in [-0.4, -0.2) is 47.3 Å². The molecule has 2 heterocycles. The van der Waals surface area contributed by atoms with Gasteiger partial charge in [-0.15, -0.1) is 0 Å². The number of rotatable bonds is 10. The zero-order valence-corrected chi connectivity index (χ0v) is 22.3. The van der Waals surface area contributed by atoms with Crippen molar-refractivity contribution in [2.45, 2.75) is 58.2 Å². The fraction of sp³-hybridized carbons (Fsp3) is 0.419. The smallest absolute Gasteiger partial charge is 0.413 e. The number of carbonyl (C=O) groups excluding carboxylic acids is 1. The van der Waals surface area contributed by atoms with Crippen molar-refractivity contribution in [1.82, 2.24) is 15.2 Å². The van der Waals surface area contributed by atoms with E-state index in [2.05, 4.69) is 76.2 Å². The van der Waals surface area contributed by atoms with Crippen molar-refractivity contribution >= 4 is 11.9 Å². The molecule has 1 aliphatic heterocycles. The summed E-state index contributed by atoms with van der Waals surface area (Å²) in [5.41, 5.74) is 3.16. The first-order chi connectivity index (χ1) is 17.8. The van der Waals surface area contributed by atoms with Crippen LogP contribution in [0.25, 0.3) is 0 Å². The van der Waals surface area contributed by atoms with Crippen LogP contribution in [0.2, 0.25) is 0 Å². The molecule has 37 heavy (non-hydrogen) atoms. The number of nitrogens with one attached hydrogen (secondary N) is 2. The van der Waals surface area contributed by atoms with Crippen molar-refractivity contribution in [3.63, 3.8) is 0 Å². The minimum Gasteiger partial charge on any atom is -0.444 e. The standard InChI is InChI=1S/C31H40N4O2/c1-31(2,3)37-30(36)34-29-18-10-17-27(33-29)20-26-22-35(21-25-14-8-5-9-15-25)23-28(26)32-19-11-16-24-12-6-4-7-13-24/h4-10,12-15,17-18,26,28,32H,11,16,19-23H2,1-3H3,(H,33,34,36). The topological polar surface area (TPSA) is 66.5 Å². The number of aryl methyl sites for hydroxylation is 1. The van der Waals surface area contributed by atoms with Crippen molar-refractivity contribution in [2.75, 3.05) is 25.0 Å². The van der Waals surface area contributed by atoms with E-state index in [4.69, 9.17) is 9.72 Å². The van der Waals surface area contributed by atoms with E-state index in [1.807, 2.05) is 39.0 Å². The Morgan fingerprint density at radius 3 is 2.35 bits per heavy atom. The van der Waals surface area contributed by atoms with Crippen LogP contribution in [0.3, 0.4) is 0 Å². The molecular weight excluding hydrogens is 460 g/mol. The number of carbonyl (C=O) groups is 1. The number of aromatic nitrogens is 1. The van der Waals surface area contributed by atoms with E-state index in [1.165, 1.54) is 11.1 Å². The molecule has 3 aromatic rings. The molecule has 1 fully saturated rings. The number of hydrogen-bond donors (Lipinski definition) is 2. The molecule has 0 aliphatic carbocycles. The predicted molar refractivity (Wildman–Crippen MR) is 150 cm³/mol. The molecule has 0 saturated carbocycles. The van der Waals surface area contributed by atoms with Gasteiger partial charge in [0, 0.05) is 31.4 Å². The van der Waals surface area contributed by atoms with Crippen molar-refractivity contribution < 1.29 is 9.53 Å². The third kappa shape index (κ3) is 8.99. The molecule has 1 saturated heterocycles. The summed E-state index contributed by atoms with van der Waals surface area (Å²) in [5.74, 6) is 0.961. The Bertz CT molecular complexity index is 1110. The molecule has 2 atom stereocenters. The monoisotopic (exact) mass is 500 g/mol. The maximum absolute atomic E-state index is 12.2. The number of amides is 1. The highest BCUT2D eigenvalue weighted by Crippen LogP contribution is 2.24. The Hall–Kier alpha value is -3.22. The normalized spacial score (nSPS) is 18.0. The summed E-state index contributed by atoms with van der Waals surface area (Å²) in [7, 11) is 0. The third-order valence-electron chi connectivity index (χ3n) is 6.56. The first-order valence-electron chi connectivity index (χ1n) is 13.3. The van der Waals surface area contributed by atoms with Crippen LogP contribution in [0.4, 0.5) is 10.6 Å². The molecule has 0 radical (unpaired) electrons. The van der Waals surface area contributed by atoms with Crippen LogP contribution in [0.5, 0.6) is 0 Å². The zero-order valence-electron chi connectivity index (χ0n) is 22.3. The lowest BCUT2D eigenvalue weighted by molar-refractivity contribution is 0.0635. The molecule has 1 aliphatic rings. The van der Waals surface area contributed by atoms with E-state index >= 15 is 0 Å². The molecular formula is C31H40N4O2. The van der Waals surface area contributed by atoms with Crippen LogP contribution in [-0.2, 0) is 24.1 Å². The van der Waals surface area contributed by atoms with Gasteiger partial charge < -0.3 is 10.1 Å². The van der Waals surface area contributed by atoms with Crippen molar-refractivity contribution in [3.8, 4) is 0 Å². The summed E-state index contributed by atoms with van der Waals surface area (Å²) >= 11 is 0. The second kappa shape index (κ2) is 12.8. The van der Waals surface area contributed by atoms with Gasteiger partial charge in [-0.1, -0.05) is 66.7 Å². The van der Waals surface area contributed by atoms with Gasteiger partial charge in [-0.25, -0.2) is 9.78 Å². The van der Waals surface area contributed by atoms with Gasteiger partial charge in [0.2, 0.25) is 0 Å². The van der Waals surface area contributed by atoms with Crippen LogP contribution in [0, 0.1) is 5.92 Å². The van der Waals surface area contributed by atoms with E-state index < -0.39 is 11.7 Å². The van der Waals surface area contributed by atoms with E-state index in [0.29, 0.717) is 17.8 Å². The lowest BCUT2D eigenvalue weighted by Crippen LogP contribution is -2.38. The van der Waals surface area contributed by atoms with E-state index in [0.717, 1.165) is 51.1 Å². The number of anilines is 1. The largest absolute Gasteiger partial charge is 0.444 e. The zero-order chi connectivity index (χ0) is 26.1. The maximum Gasteiger partial charge on any atom is 0.413 e. The van der Waals surface area contributed by atoms with E-state index in [9.17, 15) is 4.79 Å². The van der Waals surface area contributed by atoms with Crippen molar-refractivity contribution in [1.29, 1.82) is 0 Å². The SMILES string of the molecule is CC(C)(C)OC(=O)Nc1cccc(CC2CN(Cc3ccccc3)CC2NCCCc2ccccc2)n1. The average molecular weight is 501 g/mol. The highest BCUT2D eigenvalue weighted by Gasteiger charge is 2.32. The van der Waals surface area contributed by atoms with Gasteiger partial charge in [0.05, 0.1) is 0 Å². The van der Waals surface area contributed by atoms with Gasteiger partial charge in [0.25, 0.3) is 0 Å². The highest BCUT2D eigenvalue weighted by molar-refractivity contribution is 5.83. The predicted octanol–water partition coefficient (Wildman–Crippen LogP) is 5.69. The Balaban J connectivity index is 1.37. The quantitative estimate of drug-likeness (QED) is 0.350. The first kappa shape index (κ1) is 26.8. The van der Waals surface area contributed by atoms with Crippen molar-refractivity contribution in [3.05, 3.63) is 95.7 Å². The van der Waals surface area contributed by atoms with Crippen LogP contribution in [0.1, 0.15) is 44.0 Å². The summed E-state index contributed by atoms with van der Waals surface area (Å²) in [4.78, 5) is 19.5. The fourth-order valence-electron chi connectivity index (χ4n) is 4.93. The second-order valence-electron chi connectivity index (χ2n) is 10.9. The van der Waals surface area contributed by atoms with Gasteiger partial charge >= 0.3 is 6.09 Å². The molecule has 0 spiro atoms. The minimum atomic E-state index is -0.548. The molecule has 0 bridgehead atoms. The number of likely N-dealkylation sites (tertiary alicyclic amines) is 1. The third-order valence-corrected chi connectivity index (χ3v) is 6.56. The van der Waals surface area contributed by atoms with Crippen LogP contribution < -0.4 is 10.6 Å². The summed E-state index contributed by atoms with van der Waals surface area (Å²) in [6.45, 7) is 9.52. The number of hydrogen-bond acceptors (Lipinski definition) is 5. The molecule has 2 N–H and O–H groups in total. The number of nitrogens with zero attached hydrogens (tertiary/aromatic N) is 2. The highest BCUT2D eigenvalue weighted by atomic mass is 16.6. The lowest BCUT2D eigenvalue weighted by atomic mass is 9.97. The molecule has 2 aromatic carbocycles. The van der Waals surface area contributed by atoms with Gasteiger partial charge in [-0.3, -0.25) is 10.2 Å². The summed E-state index contributed by atoms with van der Waals surface area (Å²) in [6, 6.07) is 27.6. The molecule has 2 unspecified atom stereocenters. The first-order valence-corrected chi connectivity index (χ1v) is 13.3. The minimum absolute atomic E-state index is 0.392. The Labute approximate surface area is 221 Å². The summed E-state index contributed by atoms with van der Waals surface area (Å²) in [6.07, 6.45) is 2.56. The molecule has 6 heteroatoms. The number of ether oxygens (including phenoxy) is 1. The molecule has 196 valence electrons. The van der Waals surface area contributed by atoms with Gasteiger partial charge in [0.1, 0.15) is 11.4 Å². The van der Waals surface area contributed by atoms with Gasteiger partial charge in [0.15, 0.2) is 0 Å². The molecule has 1 aromatic heterocycles. The maximum atomic E-state index is 12.2. The van der Waals surface area contributed by atoms with Crippen LogP contribution >= 0.6 is 0 Å². The van der Waals surface area contributed by atoms with Crippen LogP contribution in [0.15, 0.2) is 78.9 Å². The fourth-order valence-corrected chi connectivity index (χ4v) is 4.93. The number of pyridine rings is 1.